The minimum atomic E-state index is 0.145. The number of fused-ring (bicyclic) bond motifs is 2. The summed E-state index contributed by atoms with van der Waals surface area (Å²) in [4.78, 5) is 0. The molecule has 17 heavy (non-hydrogen) atoms. The predicted octanol–water partition coefficient (Wildman–Crippen LogP) is 2.19. The molecule has 1 aliphatic heterocycles. The van der Waals surface area contributed by atoms with Crippen LogP contribution in [0.2, 0.25) is 0 Å². The zero-order valence-electron chi connectivity index (χ0n) is 10.5. The van der Waals surface area contributed by atoms with Gasteiger partial charge in [-0.15, -0.1) is 0 Å². The molecule has 3 heteroatoms. The monoisotopic (exact) mass is 229 g/mol. The van der Waals surface area contributed by atoms with Crippen molar-refractivity contribution in [3.8, 4) is 0 Å². The van der Waals surface area contributed by atoms with Gasteiger partial charge in [0.1, 0.15) is 0 Å². The summed E-state index contributed by atoms with van der Waals surface area (Å²) in [5.74, 6) is 0. The highest BCUT2D eigenvalue weighted by Crippen LogP contribution is 2.30. The van der Waals surface area contributed by atoms with Crippen LogP contribution in [-0.4, -0.2) is 4.57 Å². The normalized spacial score (nSPS) is 16.4. The van der Waals surface area contributed by atoms with Crippen molar-refractivity contribution in [3.05, 3.63) is 35.0 Å². The van der Waals surface area contributed by atoms with Crippen LogP contribution in [0.25, 0.3) is 10.9 Å². The van der Waals surface area contributed by atoms with E-state index in [1.165, 1.54) is 27.6 Å². The van der Waals surface area contributed by atoms with Gasteiger partial charge in [-0.3, -0.25) is 0 Å². The zero-order chi connectivity index (χ0) is 12.0. The molecule has 0 saturated heterocycles. The first-order chi connectivity index (χ1) is 8.20. The van der Waals surface area contributed by atoms with Gasteiger partial charge in [0.2, 0.25) is 0 Å². The molecule has 2 aromatic rings. The van der Waals surface area contributed by atoms with Crippen LogP contribution in [0.3, 0.4) is 0 Å². The van der Waals surface area contributed by atoms with E-state index in [1.54, 1.807) is 0 Å². The van der Waals surface area contributed by atoms with Crippen LogP contribution >= 0.6 is 0 Å². The van der Waals surface area contributed by atoms with E-state index in [-0.39, 0.29) is 6.04 Å². The van der Waals surface area contributed by atoms with Crippen LogP contribution in [0.5, 0.6) is 0 Å². The molecule has 3 N–H and O–H groups in total. The molecule has 0 aliphatic carbocycles. The quantitative estimate of drug-likeness (QED) is 0.829. The third-order valence-electron chi connectivity index (χ3n) is 3.81. The first-order valence-corrected chi connectivity index (χ1v) is 6.27. The molecular formula is C14H19N3. The second-order valence-electron chi connectivity index (χ2n) is 4.95. The molecule has 2 heterocycles. The number of aryl methyl sites for hydroxylation is 1. The summed E-state index contributed by atoms with van der Waals surface area (Å²) in [5, 5.41) is 4.72. The summed E-state index contributed by atoms with van der Waals surface area (Å²) >= 11 is 0. The van der Waals surface area contributed by atoms with E-state index in [0.29, 0.717) is 0 Å². The Hall–Kier alpha value is -1.32. The molecule has 1 atom stereocenters. The summed E-state index contributed by atoms with van der Waals surface area (Å²) in [5.41, 5.74) is 11.6. The summed E-state index contributed by atoms with van der Waals surface area (Å²) in [6, 6.07) is 4.76. The van der Waals surface area contributed by atoms with Crippen LogP contribution < -0.4 is 11.1 Å². The van der Waals surface area contributed by atoms with Crippen molar-refractivity contribution < 1.29 is 0 Å². The third-order valence-corrected chi connectivity index (χ3v) is 3.81. The molecular weight excluding hydrogens is 210 g/mol. The molecule has 0 radical (unpaired) electrons. The molecule has 0 spiro atoms. The van der Waals surface area contributed by atoms with Crippen molar-refractivity contribution in [1.29, 1.82) is 0 Å². The Morgan fingerprint density at radius 3 is 2.76 bits per heavy atom. The zero-order valence-corrected chi connectivity index (χ0v) is 10.5. The molecule has 0 saturated carbocycles. The molecule has 3 rings (SSSR count). The number of rotatable bonds is 2. The lowest BCUT2D eigenvalue weighted by molar-refractivity contribution is 0.700. The summed E-state index contributed by atoms with van der Waals surface area (Å²) < 4.78 is 2.19. The number of hydrogen-bond acceptors (Lipinski definition) is 2. The number of aromatic nitrogens is 1. The van der Waals surface area contributed by atoms with E-state index in [1.807, 2.05) is 0 Å². The number of nitrogens with zero attached hydrogens (tertiary/aromatic N) is 1. The molecule has 0 bridgehead atoms. The summed E-state index contributed by atoms with van der Waals surface area (Å²) in [6.07, 6.45) is 3.16. The first-order valence-electron chi connectivity index (χ1n) is 6.27. The number of benzene rings is 1. The molecule has 3 nitrogen and oxygen atoms in total. The Bertz CT molecular complexity index is 568. The molecule has 0 fully saturated rings. The van der Waals surface area contributed by atoms with Crippen LogP contribution in [0.15, 0.2) is 18.3 Å². The highest BCUT2D eigenvalue weighted by atomic mass is 14.9. The van der Waals surface area contributed by atoms with Gasteiger partial charge in [0.05, 0.1) is 0 Å². The average Bonchev–Trinajstić information content (AvgIpc) is 2.91. The molecule has 0 amide bonds. The Labute approximate surface area is 102 Å². The van der Waals surface area contributed by atoms with Crippen LogP contribution in [0.1, 0.15) is 36.1 Å². The van der Waals surface area contributed by atoms with Gasteiger partial charge >= 0.3 is 0 Å². The van der Waals surface area contributed by atoms with Crippen molar-refractivity contribution in [2.24, 2.45) is 12.8 Å². The van der Waals surface area contributed by atoms with Gasteiger partial charge in [0.15, 0.2) is 0 Å². The van der Waals surface area contributed by atoms with Crippen molar-refractivity contribution in [3.63, 3.8) is 0 Å². The Morgan fingerprint density at radius 1 is 1.35 bits per heavy atom. The van der Waals surface area contributed by atoms with Crippen LogP contribution in [0.4, 0.5) is 0 Å². The lowest BCUT2D eigenvalue weighted by atomic mass is 10.0. The maximum atomic E-state index is 6.19. The largest absolute Gasteiger partial charge is 0.350 e. The van der Waals surface area contributed by atoms with Crippen molar-refractivity contribution in [2.75, 3.05) is 0 Å². The van der Waals surface area contributed by atoms with Crippen molar-refractivity contribution >= 4 is 10.9 Å². The number of nitrogens with one attached hydrogen (secondary N) is 1. The van der Waals surface area contributed by atoms with Gasteiger partial charge in [-0.1, -0.05) is 6.92 Å². The van der Waals surface area contributed by atoms with Gasteiger partial charge < -0.3 is 15.6 Å². The van der Waals surface area contributed by atoms with Gasteiger partial charge in [0.25, 0.3) is 0 Å². The first kappa shape index (κ1) is 10.8. The second-order valence-corrected chi connectivity index (χ2v) is 4.95. The highest BCUT2D eigenvalue weighted by Gasteiger charge is 2.17. The SMILES string of the molecule is CCC(N)c1cn(C)c2cc3c(cc12)CNC3. The molecule has 1 aromatic carbocycles. The van der Waals surface area contributed by atoms with Crippen molar-refractivity contribution in [1.82, 2.24) is 9.88 Å². The fourth-order valence-electron chi connectivity index (χ4n) is 2.72. The van der Waals surface area contributed by atoms with E-state index in [0.717, 1.165) is 19.5 Å². The highest BCUT2D eigenvalue weighted by molar-refractivity contribution is 5.86. The molecule has 1 aliphatic rings. The maximum Gasteiger partial charge on any atom is 0.0484 e. The number of hydrogen-bond donors (Lipinski definition) is 2. The maximum absolute atomic E-state index is 6.19. The van der Waals surface area contributed by atoms with Crippen LogP contribution in [-0.2, 0) is 20.1 Å². The van der Waals surface area contributed by atoms with Gasteiger partial charge in [-0.2, -0.15) is 0 Å². The predicted molar refractivity (Wildman–Crippen MR) is 70.7 cm³/mol. The van der Waals surface area contributed by atoms with E-state index in [9.17, 15) is 0 Å². The van der Waals surface area contributed by atoms with Crippen LogP contribution in [0, 0.1) is 0 Å². The van der Waals surface area contributed by atoms with Gasteiger partial charge in [-0.05, 0) is 35.2 Å². The smallest absolute Gasteiger partial charge is 0.0484 e. The van der Waals surface area contributed by atoms with Gasteiger partial charge in [-0.25, -0.2) is 0 Å². The van der Waals surface area contributed by atoms with E-state index < -0.39 is 0 Å². The minimum absolute atomic E-state index is 0.145. The topological polar surface area (TPSA) is 43.0 Å². The Morgan fingerprint density at radius 2 is 2.06 bits per heavy atom. The fraction of sp³-hybridized carbons (Fsp3) is 0.429. The number of nitrogens with two attached hydrogens (primary N) is 1. The molecule has 1 aromatic heterocycles. The molecule has 1 unspecified atom stereocenters. The fourth-order valence-corrected chi connectivity index (χ4v) is 2.72. The Balaban J connectivity index is 2.25. The van der Waals surface area contributed by atoms with E-state index in [4.69, 9.17) is 5.73 Å². The van der Waals surface area contributed by atoms with Gasteiger partial charge in [0, 0.05) is 43.3 Å². The lowest BCUT2D eigenvalue weighted by Crippen LogP contribution is -2.07. The molecule has 90 valence electrons. The summed E-state index contributed by atoms with van der Waals surface area (Å²) in [6.45, 7) is 4.12. The van der Waals surface area contributed by atoms with Crippen molar-refractivity contribution in [2.45, 2.75) is 32.5 Å². The standard InChI is InChI=1S/C14H19N3/c1-3-13(15)12-8-17(2)14-5-10-7-16-6-9(10)4-11(12)14/h4-5,8,13,16H,3,6-7,15H2,1-2H3. The van der Waals surface area contributed by atoms with E-state index >= 15 is 0 Å². The van der Waals surface area contributed by atoms with E-state index in [2.05, 4.69) is 42.2 Å². The minimum Gasteiger partial charge on any atom is -0.350 e. The third kappa shape index (κ3) is 1.58. The lowest BCUT2D eigenvalue weighted by Gasteiger charge is -2.07. The Kier molecular flexibility index (Phi) is 2.45. The second kappa shape index (κ2) is 3.86. The summed E-state index contributed by atoms with van der Waals surface area (Å²) in [7, 11) is 2.10. The average molecular weight is 229 g/mol.